The Bertz CT molecular complexity index is 725. The van der Waals surface area contributed by atoms with Crippen LogP contribution in [0.4, 0.5) is 0 Å². The van der Waals surface area contributed by atoms with E-state index in [1.165, 1.54) is 5.56 Å². The molecule has 0 aliphatic carbocycles. The van der Waals surface area contributed by atoms with Crippen molar-refractivity contribution >= 4 is 11.3 Å². The van der Waals surface area contributed by atoms with E-state index in [0.717, 1.165) is 28.6 Å². The van der Waals surface area contributed by atoms with Crippen molar-refractivity contribution in [3.63, 3.8) is 0 Å². The van der Waals surface area contributed by atoms with Crippen molar-refractivity contribution in [2.45, 2.75) is 13.0 Å². The van der Waals surface area contributed by atoms with Crippen LogP contribution < -0.4 is 9.47 Å². The van der Waals surface area contributed by atoms with E-state index in [1.807, 2.05) is 30.3 Å². The second kappa shape index (κ2) is 7.09. The average molecular weight is 311 g/mol. The summed E-state index contributed by atoms with van der Waals surface area (Å²) < 4.78 is 10.9. The van der Waals surface area contributed by atoms with Crippen LogP contribution in [0.1, 0.15) is 16.3 Å². The van der Waals surface area contributed by atoms with Crippen molar-refractivity contribution in [2.75, 3.05) is 7.11 Å². The highest BCUT2D eigenvalue weighted by molar-refractivity contribution is 7.09. The van der Waals surface area contributed by atoms with Gasteiger partial charge in [-0.05, 0) is 17.7 Å². The van der Waals surface area contributed by atoms with Crippen molar-refractivity contribution in [3.8, 4) is 11.5 Å². The molecule has 0 aliphatic rings. The summed E-state index contributed by atoms with van der Waals surface area (Å²) in [5.41, 5.74) is 2.23. The number of thiazole rings is 1. The summed E-state index contributed by atoms with van der Waals surface area (Å²) in [5.74, 6) is 1.58. The highest BCUT2D eigenvalue weighted by atomic mass is 32.1. The molecule has 112 valence electrons. The van der Waals surface area contributed by atoms with Crippen LogP contribution in [-0.2, 0) is 13.0 Å². The number of hydrogen-bond donors (Lipinski definition) is 0. The SMILES string of the molecule is COc1cccc(OCc2csc(Cc3ccccc3)n2)c1. The summed E-state index contributed by atoms with van der Waals surface area (Å²) in [6.45, 7) is 0.471. The minimum absolute atomic E-state index is 0.471. The summed E-state index contributed by atoms with van der Waals surface area (Å²) >= 11 is 1.67. The molecule has 3 nitrogen and oxygen atoms in total. The van der Waals surface area contributed by atoms with Crippen molar-refractivity contribution in [2.24, 2.45) is 0 Å². The molecular formula is C18H17NO2S. The highest BCUT2D eigenvalue weighted by Crippen LogP contribution is 2.21. The average Bonchev–Trinajstić information content (AvgIpc) is 3.01. The molecule has 0 saturated carbocycles. The molecule has 3 rings (SSSR count). The Morgan fingerprint density at radius 2 is 1.82 bits per heavy atom. The molecule has 0 atom stereocenters. The molecule has 0 radical (unpaired) electrons. The van der Waals surface area contributed by atoms with Gasteiger partial charge in [0.15, 0.2) is 0 Å². The van der Waals surface area contributed by atoms with Gasteiger partial charge in [0.05, 0.1) is 17.8 Å². The largest absolute Gasteiger partial charge is 0.497 e. The maximum absolute atomic E-state index is 5.76. The fourth-order valence-corrected chi connectivity index (χ4v) is 2.93. The summed E-state index contributed by atoms with van der Waals surface area (Å²) in [4.78, 5) is 4.63. The second-order valence-corrected chi connectivity index (χ2v) is 5.81. The van der Waals surface area contributed by atoms with Gasteiger partial charge in [-0.25, -0.2) is 4.98 Å². The first-order valence-electron chi connectivity index (χ1n) is 7.07. The van der Waals surface area contributed by atoms with Crippen molar-refractivity contribution < 1.29 is 9.47 Å². The van der Waals surface area contributed by atoms with E-state index in [2.05, 4.69) is 34.6 Å². The van der Waals surface area contributed by atoms with Gasteiger partial charge in [0.2, 0.25) is 0 Å². The fourth-order valence-electron chi connectivity index (χ4n) is 2.12. The molecule has 0 fully saturated rings. The van der Waals surface area contributed by atoms with Gasteiger partial charge >= 0.3 is 0 Å². The Kier molecular flexibility index (Phi) is 4.71. The van der Waals surface area contributed by atoms with E-state index in [9.17, 15) is 0 Å². The van der Waals surface area contributed by atoms with Crippen LogP contribution in [0.25, 0.3) is 0 Å². The quantitative estimate of drug-likeness (QED) is 0.679. The summed E-state index contributed by atoms with van der Waals surface area (Å²) in [6.07, 6.45) is 0.866. The molecule has 0 saturated heterocycles. The van der Waals surface area contributed by atoms with Crippen molar-refractivity contribution in [3.05, 3.63) is 76.2 Å². The van der Waals surface area contributed by atoms with Crippen LogP contribution in [0.2, 0.25) is 0 Å². The van der Waals surface area contributed by atoms with Crippen LogP contribution in [0.3, 0.4) is 0 Å². The van der Waals surface area contributed by atoms with Crippen LogP contribution in [0, 0.1) is 0 Å². The highest BCUT2D eigenvalue weighted by Gasteiger charge is 2.04. The summed E-state index contributed by atoms with van der Waals surface area (Å²) in [7, 11) is 1.65. The zero-order valence-electron chi connectivity index (χ0n) is 12.4. The normalized spacial score (nSPS) is 10.4. The standard InChI is InChI=1S/C18H17NO2S/c1-20-16-8-5-9-17(11-16)21-12-15-13-22-18(19-15)10-14-6-3-2-4-7-14/h2-9,11,13H,10,12H2,1H3. The first-order chi connectivity index (χ1) is 10.8. The Morgan fingerprint density at radius 3 is 2.64 bits per heavy atom. The third-order valence-electron chi connectivity index (χ3n) is 3.23. The van der Waals surface area contributed by atoms with Gasteiger partial charge in [-0.2, -0.15) is 0 Å². The lowest BCUT2D eigenvalue weighted by Crippen LogP contribution is -1.97. The number of aromatic nitrogens is 1. The number of methoxy groups -OCH3 is 1. The topological polar surface area (TPSA) is 31.4 Å². The molecule has 2 aromatic carbocycles. The molecule has 22 heavy (non-hydrogen) atoms. The molecule has 0 spiro atoms. The minimum atomic E-state index is 0.471. The molecule has 0 bridgehead atoms. The molecular weight excluding hydrogens is 294 g/mol. The Labute approximate surface area is 134 Å². The number of benzene rings is 2. The van der Waals surface area contributed by atoms with E-state index < -0.39 is 0 Å². The van der Waals surface area contributed by atoms with Gasteiger partial charge in [-0.3, -0.25) is 0 Å². The number of ether oxygens (including phenoxy) is 2. The third kappa shape index (κ3) is 3.86. The third-order valence-corrected chi connectivity index (χ3v) is 4.12. The van der Waals surface area contributed by atoms with Crippen LogP contribution >= 0.6 is 11.3 Å². The maximum Gasteiger partial charge on any atom is 0.131 e. The van der Waals surface area contributed by atoms with Crippen LogP contribution in [0.5, 0.6) is 11.5 Å². The van der Waals surface area contributed by atoms with E-state index in [0.29, 0.717) is 6.61 Å². The molecule has 0 unspecified atom stereocenters. The first kappa shape index (κ1) is 14.6. The van der Waals surface area contributed by atoms with Gasteiger partial charge in [-0.1, -0.05) is 36.4 Å². The van der Waals surface area contributed by atoms with Gasteiger partial charge < -0.3 is 9.47 Å². The zero-order valence-corrected chi connectivity index (χ0v) is 13.2. The second-order valence-electron chi connectivity index (χ2n) is 4.86. The van der Waals surface area contributed by atoms with Gasteiger partial charge in [0, 0.05) is 17.9 Å². The first-order valence-corrected chi connectivity index (χ1v) is 7.95. The summed E-state index contributed by atoms with van der Waals surface area (Å²) in [6, 6.07) is 18.0. The van der Waals surface area contributed by atoms with Crippen LogP contribution in [0.15, 0.2) is 60.0 Å². The molecule has 4 heteroatoms. The molecule has 0 aliphatic heterocycles. The molecule has 0 amide bonds. The number of rotatable bonds is 6. The van der Waals surface area contributed by atoms with Gasteiger partial charge in [-0.15, -0.1) is 11.3 Å². The fraction of sp³-hybridized carbons (Fsp3) is 0.167. The molecule has 3 aromatic rings. The maximum atomic E-state index is 5.76. The van der Waals surface area contributed by atoms with Gasteiger partial charge in [0.25, 0.3) is 0 Å². The van der Waals surface area contributed by atoms with Crippen molar-refractivity contribution in [1.82, 2.24) is 4.98 Å². The van der Waals surface area contributed by atoms with E-state index >= 15 is 0 Å². The summed E-state index contributed by atoms with van der Waals surface area (Å²) in [5, 5.41) is 3.16. The predicted octanol–water partition coefficient (Wildman–Crippen LogP) is 4.32. The number of hydrogen-bond acceptors (Lipinski definition) is 4. The molecule has 1 aromatic heterocycles. The Balaban J connectivity index is 1.59. The van der Waals surface area contributed by atoms with Crippen LogP contribution in [-0.4, -0.2) is 12.1 Å². The zero-order chi connectivity index (χ0) is 15.2. The molecule has 0 N–H and O–H groups in total. The lowest BCUT2D eigenvalue weighted by Gasteiger charge is -2.06. The van der Waals surface area contributed by atoms with E-state index in [-0.39, 0.29) is 0 Å². The van der Waals surface area contributed by atoms with E-state index in [1.54, 1.807) is 18.4 Å². The predicted molar refractivity (Wildman–Crippen MR) is 88.7 cm³/mol. The smallest absolute Gasteiger partial charge is 0.131 e. The lowest BCUT2D eigenvalue weighted by atomic mass is 10.2. The Hall–Kier alpha value is -2.33. The van der Waals surface area contributed by atoms with Crippen molar-refractivity contribution in [1.29, 1.82) is 0 Å². The Morgan fingerprint density at radius 1 is 1.00 bits per heavy atom. The number of nitrogens with zero attached hydrogens (tertiary/aromatic N) is 1. The lowest BCUT2D eigenvalue weighted by molar-refractivity contribution is 0.299. The molecule has 1 heterocycles. The monoisotopic (exact) mass is 311 g/mol. The minimum Gasteiger partial charge on any atom is -0.497 e. The van der Waals surface area contributed by atoms with Gasteiger partial charge in [0.1, 0.15) is 18.1 Å². The van der Waals surface area contributed by atoms with E-state index in [4.69, 9.17) is 9.47 Å².